The van der Waals surface area contributed by atoms with Gasteiger partial charge in [-0.05, 0) is 49.6 Å². The largest absolute Gasteiger partial charge is 0.433 e. The molecule has 3 aromatic heterocycles. The van der Waals surface area contributed by atoms with Crippen LogP contribution in [-0.2, 0) is 20.8 Å². The normalized spacial score (nSPS) is 21.9. The second-order valence-corrected chi connectivity index (χ2v) is 17.8. The highest BCUT2D eigenvalue weighted by Gasteiger charge is 2.40. The molecule has 2 N–H and O–H groups in total. The van der Waals surface area contributed by atoms with Crippen molar-refractivity contribution in [1.82, 2.24) is 24.8 Å². The highest BCUT2D eigenvalue weighted by molar-refractivity contribution is 7.90. The van der Waals surface area contributed by atoms with Gasteiger partial charge < -0.3 is 25.3 Å². The number of alkyl halides is 4. The average molecular weight is 825 g/mol. The van der Waals surface area contributed by atoms with Crippen LogP contribution in [0.15, 0.2) is 61.4 Å². The SMILES string of the molecule is C=CC(=O)Nc1cc(N2C[C@H](CS(C)(=O)=O)[C@H]2C)c2cnc(Nc3ccnc(N4CC[C@@H](N5CCN(c6cccc(C(F)(F)F)n6)CC5)[C@@H](F)C4)c3)nc2c1C(C)C. The van der Waals surface area contributed by atoms with E-state index in [1.165, 1.54) is 18.4 Å². The second kappa shape index (κ2) is 16.3. The molecule has 1 aromatic carbocycles. The molecule has 3 aliphatic rings. The van der Waals surface area contributed by atoms with E-state index in [0.717, 1.165) is 22.7 Å². The number of nitrogens with one attached hydrogen (secondary N) is 2. The van der Waals surface area contributed by atoms with Crippen molar-refractivity contribution in [3.63, 3.8) is 0 Å². The number of nitrogens with zero attached hydrogens (tertiary/aromatic N) is 8. The Morgan fingerprint density at radius 3 is 2.43 bits per heavy atom. The van der Waals surface area contributed by atoms with Gasteiger partial charge >= 0.3 is 6.18 Å². The first-order chi connectivity index (χ1) is 27.5. The molecule has 13 nitrogen and oxygen atoms in total. The highest BCUT2D eigenvalue weighted by Crippen LogP contribution is 2.43. The molecule has 58 heavy (non-hydrogen) atoms. The molecule has 0 saturated carbocycles. The molecule has 3 aliphatic heterocycles. The van der Waals surface area contributed by atoms with Crippen molar-refractivity contribution in [1.29, 1.82) is 0 Å². The third kappa shape index (κ3) is 8.82. The zero-order valence-corrected chi connectivity index (χ0v) is 33.7. The average Bonchev–Trinajstić information content (AvgIpc) is 3.18. The monoisotopic (exact) mass is 824 g/mol. The summed E-state index contributed by atoms with van der Waals surface area (Å²) in [6.07, 6.45) is 0.666. The van der Waals surface area contributed by atoms with Gasteiger partial charge in [-0.25, -0.2) is 32.7 Å². The summed E-state index contributed by atoms with van der Waals surface area (Å²) in [6.45, 7) is 12.7. The van der Waals surface area contributed by atoms with E-state index in [1.807, 2.05) is 42.7 Å². The minimum atomic E-state index is -4.52. The van der Waals surface area contributed by atoms with E-state index >= 15 is 4.39 Å². The van der Waals surface area contributed by atoms with Crippen molar-refractivity contribution in [2.75, 3.05) is 83.2 Å². The van der Waals surface area contributed by atoms with E-state index in [2.05, 4.69) is 42.0 Å². The number of hydrogen-bond acceptors (Lipinski definition) is 12. The number of rotatable bonds is 11. The lowest BCUT2D eigenvalue weighted by Gasteiger charge is -2.48. The third-order valence-corrected chi connectivity index (χ3v) is 12.3. The van der Waals surface area contributed by atoms with Gasteiger partial charge in [-0.1, -0.05) is 26.5 Å². The molecule has 310 valence electrons. The molecular formula is C40H48F4N10O3S. The van der Waals surface area contributed by atoms with Gasteiger partial charge in [0.1, 0.15) is 33.3 Å². The lowest BCUT2D eigenvalue weighted by molar-refractivity contribution is -0.141. The Morgan fingerprint density at radius 2 is 1.78 bits per heavy atom. The molecule has 6 heterocycles. The number of amides is 1. The lowest BCUT2D eigenvalue weighted by Crippen LogP contribution is -2.58. The number of carbonyl (C=O) groups excluding carboxylic acids is 1. The smallest absolute Gasteiger partial charge is 0.367 e. The van der Waals surface area contributed by atoms with Gasteiger partial charge in [0, 0.05) is 104 Å². The van der Waals surface area contributed by atoms with Crippen molar-refractivity contribution in [2.45, 2.75) is 57.5 Å². The summed E-state index contributed by atoms with van der Waals surface area (Å²) < 4.78 is 79.7. The number of piperazine rings is 1. The topological polar surface area (TPSA) is 140 Å². The fraction of sp³-hybridized carbons (Fsp3) is 0.475. The van der Waals surface area contributed by atoms with Gasteiger partial charge in [-0.15, -0.1) is 0 Å². The number of aromatic nitrogens is 4. The summed E-state index contributed by atoms with van der Waals surface area (Å²) in [4.78, 5) is 38.5. The first kappa shape index (κ1) is 41.1. The number of piperidine rings is 1. The summed E-state index contributed by atoms with van der Waals surface area (Å²) in [5, 5.41) is 7.00. The third-order valence-electron chi connectivity index (χ3n) is 11.3. The Balaban J connectivity index is 1.06. The molecular weight excluding hydrogens is 777 g/mol. The zero-order chi connectivity index (χ0) is 41.5. The summed E-state index contributed by atoms with van der Waals surface area (Å²) in [6, 6.07) is 8.97. The molecule has 3 saturated heterocycles. The Morgan fingerprint density at radius 1 is 1.02 bits per heavy atom. The van der Waals surface area contributed by atoms with Crippen LogP contribution < -0.4 is 25.3 Å². The number of pyridine rings is 2. The van der Waals surface area contributed by atoms with Gasteiger partial charge in [-0.2, -0.15) is 13.2 Å². The van der Waals surface area contributed by atoms with E-state index in [1.54, 1.807) is 24.5 Å². The Bertz CT molecular complexity index is 2290. The van der Waals surface area contributed by atoms with Crippen molar-refractivity contribution in [3.8, 4) is 0 Å². The molecule has 0 bridgehead atoms. The van der Waals surface area contributed by atoms with E-state index in [0.29, 0.717) is 74.3 Å². The highest BCUT2D eigenvalue weighted by atomic mass is 32.2. The minimum Gasteiger partial charge on any atom is -0.367 e. The Hall–Kier alpha value is -5.10. The molecule has 0 radical (unpaired) electrons. The maximum absolute atomic E-state index is 15.9. The number of carbonyl (C=O) groups is 1. The van der Waals surface area contributed by atoms with E-state index < -0.39 is 27.9 Å². The van der Waals surface area contributed by atoms with E-state index in [-0.39, 0.29) is 47.9 Å². The maximum Gasteiger partial charge on any atom is 0.433 e. The maximum atomic E-state index is 15.9. The number of benzene rings is 1. The number of fused-ring (bicyclic) bond motifs is 1. The van der Waals surface area contributed by atoms with Crippen LogP contribution in [0.5, 0.6) is 0 Å². The van der Waals surface area contributed by atoms with Crippen molar-refractivity contribution >= 4 is 61.3 Å². The fourth-order valence-electron chi connectivity index (χ4n) is 8.30. The van der Waals surface area contributed by atoms with Gasteiger partial charge in [-0.3, -0.25) is 9.69 Å². The zero-order valence-electron chi connectivity index (χ0n) is 32.9. The van der Waals surface area contributed by atoms with E-state index in [4.69, 9.17) is 4.98 Å². The van der Waals surface area contributed by atoms with Gasteiger partial charge in [0.2, 0.25) is 11.9 Å². The molecule has 4 atom stereocenters. The molecule has 7 rings (SSSR count). The number of halogens is 4. The quantitative estimate of drug-likeness (QED) is 0.135. The number of sulfone groups is 1. The van der Waals surface area contributed by atoms with Crippen LogP contribution in [0.4, 0.5) is 52.2 Å². The molecule has 0 spiro atoms. The second-order valence-electron chi connectivity index (χ2n) is 15.7. The number of hydrogen-bond donors (Lipinski definition) is 2. The van der Waals surface area contributed by atoms with Crippen LogP contribution in [0.3, 0.4) is 0 Å². The first-order valence-corrected chi connectivity index (χ1v) is 21.4. The summed E-state index contributed by atoms with van der Waals surface area (Å²) >= 11 is 0. The predicted molar refractivity (Wildman–Crippen MR) is 219 cm³/mol. The van der Waals surface area contributed by atoms with Crippen LogP contribution in [0.1, 0.15) is 44.4 Å². The van der Waals surface area contributed by atoms with Crippen LogP contribution in [0.2, 0.25) is 0 Å². The molecule has 3 fully saturated rings. The standard InChI is InChI=1S/C40H48F4N10O3S/c1-6-36(55)48-30-19-32(54-21-26(25(54)4)23-58(5,56)57)28-20-46-39(50-38(28)37(30)24(2)3)47-27-10-12-45-35(18-27)53-13-11-31(29(41)22-53)51-14-16-52(17-15-51)34-9-7-8-33(49-34)40(42,43)44/h6-10,12,18-20,24-26,29,31H,1,11,13-17,21-23H2,2-5H3,(H,48,55)(H,45,46,47,50)/t25-,26-,29+,31-/m1/s1. The minimum absolute atomic E-state index is 0.0445. The van der Waals surface area contributed by atoms with Crippen molar-refractivity contribution < 1.29 is 30.8 Å². The van der Waals surface area contributed by atoms with Crippen molar-refractivity contribution in [3.05, 3.63) is 72.7 Å². The molecule has 18 heteroatoms. The van der Waals surface area contributed by atoms with Crippen molar-refractivity contribution in [2.24, 2.45) is 5.92 Å². The molecule has 0 unspecified atom stereocenters. The van der Waals surface area contributed by atoms with Gasteiger partial charge in [0.25, 0.3) is 0 Å². The van der Waals surface area contributed by atoms with E-state index in [9.17, 15) is 26.4 Å². The molecule has 4 aromatic rings. The summed E-state index contributed by atoms with van der Waals surface area (Å²) in [5.74, 6) is 0.775. The van der Waals surface area contributed by atoms with Gasteiger partial charge in [0.05, 0.1) is 23.5 Å². The van der Waals surface area contributed by atoms with Crippen LogP contribution in [-0.4, -0.2) is 115 Å². The lowest BCUT2D eigenvalue weighted by atomic mass is 9.89. The predicted octanol–water partition coefficient (Wildman–Crippen LogP) is 6.04. The Labute approximate surface area is 335 Å². The van der Waals surface area contributed by atoms with Crippen LogP contribution in [0, 0.1) is 5.92 Å². The molecule has 1 amide bonds. The number of anilines is 6. The Kier molecular flexibility index (Phi) is 11.5. The summed E-state index contributed by atoms with van der Waals surface area (Å²) in [7, 11) is -3.16. The van der Waals surface area contributed by atoms with Gasteiger partial charge in [0.15, 0.2) is 0 Å². The summed E-state index contributed by atoms with van der Waals surface area (Å²) in [5.41, 5.74) is 2.52. The fourth-order valence-corrected chi connectivity index (χ4v) is 9.46. The first-order valence-electron chi connectivity index (χ1n) is 19.4. The van der Waals surface area contributed by atoms with Crippen LogP contribution >= 0.6 is 0 Å². The molecule has 0 aliphatic carbocycles. The van der Waals surface area contributed by atoms with Crippen LogP contribution in [0.25, 0.3) is 10.9 Å².